The largest absolute Gasteiger partial charge is 0.416 e. The van der Waals surface area contributed by atoms with E-state index < -0.39 is 11.7 Å². The Balaban J connectivity index is 2.02. The van der Waals surface area contributed by atoms with E-state index in [0.29, 0.717) is 18.7 Å². The van der Waals surface area contributed by atoms with Crippen molar-refractivity contribution in [1.29, 1.82) is 0 Å². The number of benzene rings is 1. The Bertz CT molecular complexity index is 559. The van der Waals surface area contributed by atoms with Crippen molar-refractivity contribution in [3.63, 3.8) is 0 Å². The molecule has 2 rings (SSSR count). The molecule has 0 N–H and O–H groups in total. The predicted octanol–water partition coefficient (Wildman–Crippen LogP) is 3.67. The van der Waals surface area contributed by atoms with Gasteiger partial charge in [0.15, 0.2) is 0 Å². The van der Waals surface area contributed by atoms with Gasteiger partial charge in [-0.1, -0.05) is 18.2 Å². The summed E-state index contributed by atoms with van der Waals surface area (Å²) in [5, 5.41) is 0. The molecule has 1 aliphatic rings. The summed E-state index contributed by atoms with van der Waals surface area (Å²) in [6, 6.07) is 4.97. The fourth-order valence-electron chi connectivity index (χ4n) is 2.85. The number of alkyl halides is 3. The van der Waals surface area contributed by atoms with E-state index in [1.54, 1.807) is 18.1 Å². The van der Waals surface area contributed by atoms with Crippen LogP contribution in [0.15, 0.2) is 24.3 Å². The summed E-state index contributed by atoms with van der Waals surface area (Å²) in [5.74, 6) is -0.135. The summed E-state index contributed by atoms with van der Waals surface area (Å²) in [6.07, 6.45) is -1.96. The van der Waals surface area contributed by atoms with Gasteiger partial charge >= 0.3 is 6.18 Å². The van der Waals surface area contributed by atoms with Crippen LogP contribution in [0.2, 0.25) is 0 Å². The molecule has 0 aromatic heterocycles. The summed E-state index contributed by atoms with van der Waals surface area (Å²) in [4.78, 5) is 14.1. The van der Waals surface area contributed by atoms with Gasteiger partial charge in [-0.2, -0.15) is 13.2 Å². The summed E-state index contributed by atoms with van der Waals surface area (Å²) >= 11 is 0. The molecule has 1 unspecified atom stereocenters. The molecule has 128 valence electrons. The smallest absolute Gasteiger partial charge is 0.378 e. The number of rotatable bonds is 3. The Hall–Kier alpha value is -1.56. The number of nitrogens with zero attached hydrogens (tertiary/aromatic N) is 1. The van der Waals surface area contributed by atoms with Crippen LogP contribution in [0, 0.1) is 0 Å². The van der Waals surface area contributed by atoms with Crippen LogP contribution < -0.4 is 0 Å². The van der Waals surface area contributed by atoms with Gasteiger partial charge in [-0.25, -0.2) is 0 Å². The van der Waals surface area contributed by atoms with Crippen molar-refractivity contribution in [3.8, 4) is 0 Å². The number of ether oxygens (including phenoxy) is 1. The maximum absolute atomic E-state index is 12.7. The van der Waals surface area contributed by atoms with Crippen LogP contribution in [-0.4, -0.2) is 36.6 Å². The second-order valence-electron chi connectivity index (χ2n) is 6.26. The lowest BCUT2D eigenvalue weighted by molar-refractivity contribution is -0.138. The van der Waals surface area contributed by atoms with Crippen molar-refractivity contribution in [2.24, 2.45) is 0 Å². The van der Waals surface area contributed by atoms with Gasteiger partial charge in [-0.15, -0.1) is 0 Å². The fraction of sp³-hybridized carbons (Fsp3) is 0.588. The third-order valence-corrected chi connectivity index (χ3v) is 4.50. The molecule has 1 heterocycles. The number of methoxy groups -OCH3 is 1. The minimum Gasteiger partial charge on any atom is -0.378 e. The second kappa shape index (κ2) is 6.91. The standard InChI is InChI=1S/C17H22F3NO2/c1-16(23-2)7-4-9-21(10-8-16)15(22)12-13-5-3-6-14(11-13)17(18,19)20/h3,5-6,11H,4,7-10,12H2,1-2H3. The molecule has 3 nitrogen and oxygen atoms in total. The zero-order valence-corrected chi connectivity index (χ0v) is 13.4. The van der Waals surface area contributed by atoms with Crippen LogP contribution in [0.3, 0.4) is 0 Å². The van der Waals surface area contributed by atoms with Crippen LogP contribution in [0.5, 0.6) is 0 Å². The first kappa shape index (κ1) is 17.8. The average molecular weight is 329 g/mol. The number of amides is 1. The van der Waals surface area contributed by atoms with E-state index in [1.807, 2.05) is 6.92 Å². The first-order valence-corrected chi connectivity index (χ1v) is 7.73. The van der Waals surface area contributed by atoms with Crippen molar-refractivity contribution in [2.75, 3.05) is 20.2 Å². The summed E-state index contributed by atoms with van der Waals surface area (Å²) in [7, 11) is 1.67. The van der Waals surface area contributed by atoms with Gasteiger partial charge in [-0.3, -0.25) is 4.79 Å². The van der Waals surface area contributed by atoms with Crippen LogP contribution in [0.4, 0.5) is 13.2 Å². The third-order valence-electron chi connectivity index (χ3n) is 4.50. The van der Waals surface area contributed by atoms with Crippen molar-refractivity contribution in [3.05, 3.63) is 35.4 Å². The maximum Gasteiger partial charge on any atom is 0.416 e. The number of hydrogen-bond acceptors (Lipinski definition) is 2. The Kier molecular flexibility index (Phi) is 5.34. The Morgan fingerprint density at radius 3 is 2.70 bits per heavy atom. The number of hydrogen-bond donors (Lipinski definition) is 0. The second-order valence-corrected chi connectivity index (χ2v) is 6.26. The van der Waals surface area contributed by atoms with E-state index >= 15 is 0 Å². The number of carbonyl (C=O) groups is 1. The first-order valence-electron chi connectivity index (χ1n) is 7.73. The highest BCUT2D eigenvalue weighted by molar-refractivity contribution is 5.78. The molecule has 1 aromatic carbocycles. The zero-order valence-electron chi connectivity index (χ0n) is 13.4. The van der Waals surface area contributed by atoms with E-state index in [-0.39, 0.29) is 17.9 Å². The first-order chi connectivity index (χ1) is 10.7. The molecule has 0 bridgehead atoms. The fourth-order valence-corrected chi connectivity index (χ4v) is 2.85. The molecule has 1 aromatic rings. The van der Waals surface area contributed by atoms with Crippen LogP contribution in [0.25, 0.3) is 0 Å². The van der Waals surface area contributed by atoms with Crippen LogP contribution in [-0.2, 0) is 22.1 Å². The molecule has 1 amide bonds. The molecule has 1 fully saturated rings. The van der Waals surface area contributed by atoms with E-state index in [4.69, 9.17) is 4.74 Å². The van der Waals surface area contributed by atoms with Crippen molar-refractivity contribution < 1.29 is 22.7 Å². The highest BCUT2D eigenvalue weighted by atomic mass is 19.4. The van der Waals surface area contributed by atoms with E-state index in [2.05, 4.69) is 0 Å². The molecule has 1 saturated heterocycles. The van der Waals surface area contributed by atoms with Crippen molar-refractivity contribution in [2.45, 2.75) is 44.4 Å². The molecular weight excluding hydrogens is 307 g/mol. The average Bonchev–Trinajstić information content (AvgIpc) is 2.69. The highest BCUT2D eigenvalue weighted by Gasteiger charge is 2.31. The van der Waals surface area contributed by atoms with Gasteiger partial charge in [0.25, 0.3) is 0 Å². The quantitative estimate of drug-likeness (QED) is 0.847. The lowest BCUT2D eigenvalue weighted by atomic mass is 9.97. The predicted molar refractivity (Wildman–Crippen MR) is 81.0 cm³/mol. The molecule has 0 spiro atoms. The summed E-state index contributed by atoms with van der Waals surface area (Å²) in [5.41, 5.74) is -0.556. The lowest BCUT2D eigenvalue weighted by Gasteiger charge is -2.26. The monoisotopic (exact) mass is 329 g/mol. The van der Waals surface area contributed by atoms with Crippen LogP contribution >= 0.6 is 0 Å². The molecule has 1 aliphatic heterocycles. The van der Waals surface area contributed by atoms with Crippen molar-refractivity contribution >= 4 is 5.91 Å². The van der Waals surface area contributed by atoms with Gasteiger partial charge in [0.1, 0.15) is 0 Å². The number of likely N-dealkylation sites (tertiary alicyclic amines) is 1. The molecule has 0 radical (unpaired) electrons. The third kappa shape index (κ3) is 4.70. The Morgan fingerprint density at radius 2 is 2.04 bits per heavy atom. The Labute approximate surface area is 134 Å². The molecule has 0 aliphatic carbocycles. The number of carbonyl (C=O) groups excluding carboxylic acids is 1. The SMILES string of the molecule is COC1(C)CCCN(C(=O)Cc2cccc(C(F)(F)F)c2)CC1. The van der Waals surface area contributed by atoms with E-state index in [9.17, 15) is 18.0 Å². The minimum atomic E-state index is -4.39. The molecule has 6 heteroatoms. The van der Waals surface area contributed by atoms with Crippen LogP contribution in [0.1, 0.15) is 37.3 Å². The van der Waals surface area contributed by atoms with Gasteiger partial charge < -0.3 is 9.64 Å². The highest BCUT2D eigenvalue weighted by Crippen LogP contribution is 2.30. The van der Waals surface area contributed by atoms with Crippen molar-refractivity contribution in [1.82, 2.24) is 4.90 Å². The normalized spacial score (nSPS) is 22.7. The van der Waals surface area contributed by atoms with Gasteiger partial charge in [-0.05, 0) is 37.8 Å². The van der Waals surface area contributed by atoms with E-state index in [0.717, 1.165) is 31.4 Å². The number of halogens is 3. The maximum atomic E-state index is 12.7. The zero-order chi connectivity index (χ0) is 17.1. The van der Waals surface area contributed by atoms with Gasteiger partial charge in [0.2, 0.25) is 5.91 Å². The summed E-state index contributed by atoms with van der Waals surface area (Å²) in [6.45, 7) is 3.21. The van der Waals surface area contributed by atoms with Gasteiger partial charge in [0, 0.05) is 20.2 Å². The summed E-state index contributed by atoms with van der Waals surface area (Å²) < 4.78 is 43.7. The van der Waals surface area contributed by atoms with Gasteiger partial charge in [0.05, 0.1) is 17.6 Å². The van der Waals surface area contributed by atoms with E-state index in [1.165, 1.54) is 6.07 Å². The molecular formula is C17H22F3NO2. The molecule has 0 saturated carbocycles. The Morgan fingerprint density at radius 1 is 1.30 bits per heavy atom. The topological polar surface area (TPSA) is 29.5 Å². The molecule has 23 heavy (non-hydrogen) atoms. The molecule has 1 atom stereocenters. The minimum absolute atomic E-state index is 0.00633. The lowest BCUT2D eigenvalue weighted by Crippen LogP contribution is -2.35.